The van der Waals surface area contributed by atoms with Crippen LogP contribution in [0.3, 0.4) is 0 Å². The molecule has 0 aliphatic carbocycles. The van der Waals surface area contributed by atoms with Crippen LogP contribution < -0.4 is 5.46 Å². The van der Waals surface area contributed by atoms with Gasteiger partial charge in [0, 0.05) is 0 Å². The molecule has 0 saturated heterocycles. The van der Waals surface area contributed by atoms with Crippen molar-refractivity contribution in [3.63, 3.8) is 0 Å². The molecule has 0 amide bonds. The van der Waals surface area contributed by atoms with Gasteiger partial charge in [-0.05, 0) is 17.1 Å². The zero-order chi connectivity index (χ0) is 12.3. The van der Waals surface area contributed by atoms with E-state index < -0.39 is 12.9 Å². The van der Waals surface area contributed by atoms with Gasteiger partial charge in [0.25, 0.3) is 0 Å². The van der Waals surface area contributed by atoms with E-state index in [1.54, 1.807) is 6.07 Å². The molecule has 1 radical (unpaired) electrons. The molecule has 5 heteroatoms. The SMILES string of the molecule is CC(C)(C)[B]Cc1ccc(B(O)O)cc1F. The Hall–Kier alpha value is -0.800. The molecule has 2 N–H and O–H groups in total. The van der Waals surface area contributed by atoms with Crippen LogP contribution in [-0.2, 0) is 6.32 Å². The van der Waals surface area contributed by atoms with Gasteiger partial charge in [0.1, 0.15) is 13.1 Å². The maximum absolute atomic E-state index is 13.5. The van der Waals surface area contributed by atoms with Gasteiger partial charge in [-0.25, -0.2) is 4.39 Å². The molecule has 0 saturated carbocycles. The fourth-order valence-electron chi connectivity index (χ4n) is 1.31. The summed E-state index contributed by atoms with van der Waals surface area (Å²) in [7, 11) is 0.413. The summed E-state index contributed by atoms with van der Waals surface area (Å²) in [5, 5.41) is 17.8. The van der Waals surface area contributed by atoms with E-state index in [9.17, 15) is 4.39 Å². The third kappa shape index (κ3) is 3.99. The van der Waals surface area contributed by atoms with Gasteiger partial charge >= 0.3 is 7.12 Å². The van der Waals surface area contributed by atoms with Crippen molar-refractivity contribution in [3.05, 3.63) is 29.6 Å². The van der Waals surface area contributed by atoms with Crippen molar-refractivity contribution < 1.29 is 14.4 Å². The van der Waals surface area contributed by atoms with Crippen LogP contribution in [0.5, 0.6) is 0 Å². The Balaban J connectivity index is 2.76. The van der Waals surface area contributed by atoms with E-state index in [0.717, 1.165) is 6.07 Å². The van der Waals surface area contributed by atoms with Gasteiger partial charge in [-0.15, -0.1) is 0 Å². The molecule has 0 aliphatic heterocycles. The number of hydrogen-bond acceptors (Lipinski definition) is 2. The molecule has 1 aromatic carbocycles. The second-order valence-corrected chi connectivity index (χ2v) is 5.00. The number of benzene rings is 1. The molecular formula is C11H16B2FO2. The Labute approximate surface area is 96.9 Å². The molecule has 0 bridgehead atoms. The molecule has 0 aliphatic rings. The predicted molar refractivity (Wildman–Crippen MR) is 65.4 cm³/mol. The molecule has 0 spiro atoms. The van der Waals surface area contributed by atoms with Crippen molar-refractivity contribution >= 4 is 19.9 Å². The fraction of sp³-hybridized carbons (Fsp3) is 0.455. The fourth-order valence-corrected chi connectivity index (χ4v) is 1.31. The standard InChI is InChI=1S/C11H16B2FO2/c1-11(2,3)12-7-8-4-5-9(13(15)16)6-10(8)14/h4-6,15-16H,7H2,1-3H3. The number of halogens is 1. The maximum Gasteiger partial charge on any atom is 0.488 e. The van der Waals surface area contributed by atoms with Crippen molar-refractivity contribution in [3.8, 4) is 0 Å². The van der Waals surface area contributed by atoms with Gasteiger partial charge in [-0.1, -0.05) is 44.5 Å². The Kier molecular flexibility index (Phi) is 4.16. The van der Waals surface area contributed by atoms with E-state index in [1.807, 2.05) is 7.28 Å². The highest BCUT2D eigenvalue weighted by atomic mass is 19.1. The predicted octanol–water partition coefficient (Wildman–Crippen LogP) is 0.928. The average Bonchev–Trinajstić information content (AvgIpc) is 2.14. The summed E-state index contributed by atoms with van der Waals surface area (Å²) in [6.07, 6.45) is 0.539. The molecule has 0 heterocycles. The number of rotatable bonds is 3. The van der Waals surface area contributed by atoms with Gasteiger partial charge in [0.15, 0.2) is 0 Å². The normalized spacial score (nSPS) is 11.4. The van der Waals surface area contributed by atoms with Crippen molar-refractivity contribution in [1.29, 1.82) is 0 Å². The lowest BCUT2D eigenvalue weighted by Gasteiger charge is -2.16. The first kappa shape index (κ1) is 13.3. The quantitative estimate of drug-likeness (QED) is 0.745. The summed E-state index contributed by atoms with van der Waals surface area (Å²) in [5.74, 6) is -0.397. The molecule has 1 rings (SSSR count). The summed E-state index contributed by atoms with van der Waals surface area (Å²) in [4.78, 5) is 0. The van der Waals surface area contributed by atoms with E-state index in [0.29, 0.717) is 11.9 Å². The van der Waals surface area contributed by atoms with E-state index in [-0.39, 0.29) is 10.8 Å². The molecule has 0 aromatic heterocycles. The summed E-state index contributed by atoms with van der Waals surface area (Å²) < 4.78 is 13.5. The molecule has 2 nitrogen and oxygen atoms in total. The van der Waals surface area contributed by atoms with E-state index >= 15 is 0 Å². The summed E-state index contributed by atoms with van der Waals surface area (Å²) in [5.41, 5.74) is 0.747. The van der Waals surface area contributed by atoms with Crippen LogP contribution in [0.15, 0.2) is 18.2 Å². The van der Waals surface area contributed by atoms with E-state index in [4.69, 9.17) is 10.0 Å². The number of hydrogen-bond donors (Lipinski definition) is 2. The summed E-state index contributed by atoms with van der Waals surface area (Å²) >= 11 is 0. The van der Waals surface area contributed by atoms with Crippen LogP contribution in [0.25, 0.3) is 0 Å². The van der Waals surface area contributed by atoms with Crippen LogP contribution in [-0.4, -0.2) is 24.4 Å². The topological polar surface area (TPSA) is 40.5 Å². The van der Waals surface area contributed by atoms with Crippen molar-refractivity contribution in [1.82, 2.24) is 0 Å². The van der Waals surface area contributed by atoms with Crippen LogP contribution in [0.4, 0.5) is 4.39 Å². The molecule has 0 unspecified atom stereocenters. The van der Waals surface area contributed by atoms with Crippen LogP contribution in [0.1, 0.15) is 26.3 Å². The molecule has 85 valence electrons. The van der Waals surface area contributed by atoms with Gasteiger partial charge in [-0.3, -0.25) is 0 Å². The van der Waals surface area contributed by atoms with Gasteiger partial charge in [-0.2, -0.15) is 0 Å². The first-order valence-corrected chi connectivity index (χ1v) is 5.28. The second-order valence-electron chi connectivity index (χ2n) is 5.00. The Morgan fingerprint density at radius 3 is 2.38 bits per heavy atom. The lowest BCUT2D eigenvalue weighted by atomic mass is 9.52. The van der Waals surface area contributed by atoms with Crippen LogP contribution in [0.2, 0.25) is 5.31 Å². The summed E-state index contributed by atoms with van der Waals surface area (Å²) in [6.45, 7) is 6.16. The lowest BCUT2D eigenvalue weighted by Crippen LogP contribution is -2.30. The third-order valence-electron chi connectivity index (χ3n) is 2.31. The van der Waals surface area contributed by atoms with Crippen molar-refractivity contribution in [2.45, 2.75) is 32.4 Å². The minimum atomic E-state index is -1.62. The molecular weight excluding hydrogens is 205 g/mol. The minimum absolute atomic E-state index is 0.0433. The molecule has 1 aromatic rings. The Morgan fingerprint density at radius 1 is 1.31 bits per heavy atom. The Morgan fingerprint density at radius 2 is 1.94 bits per heavy atom. The van der Waals surface area contributed by atoms with Crippen LogP contribution >= 0.6 is 0 Å². The van der Waals surface area contributed by atoms with Gasteiger partial charge < -0.3 is 10.0 Å². The van der Waals surface area contributed by atoms with Gasteiger partial charge in [0.2, 0.25) is 0 Å². The molecule has 0 fully saturated rings. The minimum Gasteiger partial charge on any atom is -0.423 e. The zero-order valence-corrected chi connectivity index (χ0v) is 9.87. The second kappa shape index (κ2) is 5.02. The average molecular weight is 221 g/mol. The van der Waals surface area contributed by atoms with Crippen molar-refractivity contribution in [2.24, 2.45) is 0 Å². The van der Waals surface area contributed by atoms with Crippen LogP contribution in [0, 0.1) is 5.82 Å². The van der Waals surface area contributed by atoms with Crippen molar-refractivity contribution in [2.75, 3.05) is 0 Å². The van der Waals surface area contributed by atoms with E-state index in [1.165, 1.54) is 6.07 Å². The Bertz CT molecular complexity index is 361. The zero-order valence-electron chi connectivity index (χ0n) is 9.87. The first-order chi connectivity index (χ1) is 7.29. The monoisotopic (exact) mass is 221 g/mol. The van der Waals surface area contributed by atoms with E-state index in [2.05, 4.69) is 20.8 Å². The first-order valence-electron chi connectivity index (χ1n) is 5.28. The maximum atomic E-state index is 13.5. The summed E-state index contributed by atoms with van der Waals surface area (Å²) in [6, 6.07) is 4.28. The largest absolute Gasteiger partial charge is 0.488 e. The lowest BCUT2D eigenvalue weighted by molar-refractivity contribution is 0.425. The highest BCUT2D eigenvalue weighted by Gasteiger charge is 2.16. The molecule has 0 atom stereocenters. The highest BCUT2D eigenvalue weighted by Crippen LogP contribution is 2.22. The third-order valence-corrected chi connectivity index (χ3v) is 2.31. The highest BCUT2D eigenvalue weighted by molar-refractivity contribution is 6.58. The smallest absolute Gasteiger partial charge is 0.423 e. The molecule has 16 heavy (non-hydrogen) atoms. The van der Waals surface area contributed by atoms with Gasteiger partial charge in [0.05, 0.1) is 0 Å².